The maximum absolute atomic E-state index is 11.5. The molecule has 0 fully saturated rings. The Bertz CT molecular complexity index is 704. The number of nitrogens with zero attached hydrogens (tertiary/aromatic N) is 2. The Kier molecular flexibility index (Phi) is 3.60. The van der Waals surface area contributed by atoms with Gasteiger partial charge in [0, 0.05) is 19.1 Å². The summed E-state index contributed by atoms with van der Waals surface area (Å²) in [6, 6.07) is 6.23. The van der Waals surface area contributed by atoms with Crippen molar-refractivity contribution in [1.29, 1.82) is 0 Å². The van der Waals surface area contributed by atoms with Crippen molar-refractivity contribution in [3.8, 4) is 0 Å². The second-order valence-electron chi connectivity index (χ2n) is 5.22. The van der Waals surface area contributed by atoms with E-state index in [-0.39, 0.29) is 23.7 Å². The number of carbonyl (C=O) groups is 1. The molecule has 0 bridgehead atoms. The Morgan fingerprint density at radius 3 is 2.59 bits per heavy atom. The lowest BCUT2D eigenvalue weighted by molar-refractivity contribution is -0.384. The van der Waals surface area contributed by atoms with Crippen LogP contribution in [-0.2, 0) is 4.79 Å². The molecule has 2 atom stereocenters. The van der Waals surface area contributed by atoms with E-state index in [4.69, 9.17) is 0 Å². The summed E-state index contributed by atoms with van der Waals surface area (Å²) < 4.78 is 0. The molecule has 0 aromatic heterocycles. The number of fused-ring (bicyclic) bond motifs is 1. The lowest BCUT2D eigenvalue weighted by Crippen LogP contribution is -2.46. The first-order valence-corrected chi connectivity index (χ1v) is 6.93. The van der Waals surface area contributed by atoms with Crippen LogP contribution in [-0.4, -0.2) is 21.9 Å². The molecule has 0 saturated heterocycles. The van der Waals surface area contributed by atoms with Crippen LogP contribution in [0.4, 0.5) is 5.69 Å². The van der Waals surface area contributed by atoms with E-state index >= 15 is 0 Å². The fourth-order valence-electron chi connectivity index (χ4n) is 2.76. The number of nitro benzene ring substituents is 1. The van der Waals surface area contributed by atoms with Gasteiger partial charge in [-0.25, -0.2) is 0 Å². The van der Waals surface area contributed by atoms with Crippen molar-refractivity contribution in [2.24, 2.45) is 0 Å². The minimum absolute atomic E-state index is 0.0194. The Balaban J connectivity index is 1.94. The van der Waals surface area contributed by atoms with Crippen molar-refractivity contribution in [2.45, 2.75) is 19.0 Å². The van der Waals surface area contributed by atoms with Gasteiger partial charge >= 0.3 is 0 Å². The van der Waals surface area contributed by atoms with Gasteiger partial charge < -0.3 is 0 Å². The zero-order valence-corrected chi connectivity index (χ0v) is 12.0. The van der Waals surface area contributed by atoms with E-state index in [0.29, 0.717) is 0 Å². The predicted molar refractivity (Wildman–Crippen MR) is 81.6 cm³/mol. The first-order chi connectivity index (χ1) is 10.6. The molecule has 0 unspecified atom stereocenters. The second kappa shape index (κ2) is 5.57. The van der Waals surface area contributed by atoms with E-state index in [2.05, 4.69) is 11.5 Å². The van der Waals surface area contributed by atoms with Crippen molar-refractivity contribution in [2.75, 3.05) is 0 Å². The highest BCUT2D eigenvalue weighted by molar-refractivity contribution is 5.72. The van der Waals surface area contributed by atoms with Gasteiger partial charge in [-0.1, -0.05) is 42.5 Å². The quantitative estimate of drug-likeness (QED) is 0.686. The molecule has 112 valence electrons. The number of hydrogen-bond donors (Lipinski definition) is 1. The van der Waals surface area contributed by atoms with Crippen molar-refractivity contribution in [1.82, 2.24) is 10.4 Å². The van der Waals surface area contributed by atoms with E-state index in [0.717, 1.165) is 11.1 Å². The molecule has 1 aliphatic heterocycles. The van der Waals surface area contributed by atoms with Crippen molar-refractivity contribution < 1.29 is 9.72 Å². The van der Waals surface area contributed by atoms with Crippen molar-refractivity contribution in [3.05, 3.63) is 75.9 Å². The normalized spacial score (nSPS) is 23.0. The third kappa shape index (κ3) is 2.56. The summed E-state index contributed by atoms with van der Waals surface area (Å²) in [5, 5.41) is 12.6. The molecule has 6 heteroatoms. The summed E-state index contributed by atoms with van der Waals surface area (Å²) in [5.74, 6) is -0.149. The number of benzene rings is 1. The van der Waals surface area contributed by atoms with E-state index in [9.17, 15) is 14.9 Å². The molecule has 1 aromatic carbocycles. The molecule has 0 saturated carbocycles. The average Bonchev–Trinajstić information content (AvgIpc) is 2.86. The largest absolute Gasteiger partial charge is 0.287 e. The van der Waals surface area contributed by atoms with Crippen LogP contribution >= 0.6 is 0 Å². The maximum Gasteiger partial charge on any atom is 0.269 e. The highest BCUT2D eigenvalue weighted by Gasteiger charge is 2.34. The first-order valence-electron chi connectivity index (χ1n) is 6.93. The molecule has 1 N–H and O–H groups in total. The molecule has 22 heavy (non-hydrogen) atoms. The number of nitro groups is 1. The average molecular weight is 297 g/mol. The van der Waals surface area contributed by atoms with Gasteiger partial charge in [-0.3, -0.25) is 20.3 Å². The van der Waals surface area contributed by atoms with E-state index in [1.807, 2.05) is 29.3 Å². The molecular weight excluding hydrogens is 282 g/mol. The fraction of sp³-hybridized carbons (Fsp3) is 0.188. The van der Waals surface area contributed by atoms with Crippen LogP contribution in [0.25, 0.3) is 0 Å². The summed E-state index contributed by atoms with van der Waals surface area (Å²) in [6.07, 6.45) is 9.96. The number of carbonyl (C=O) groups excluding carboxylic acids is 1. The van der Waals surface area contributed by atoms with Crippen LogP contribution in [0.1, 0.15) is 18.5 Å². The summed E-state index contributed by atoms with van der Waals surface area (Å²) >= 11 is 0. The van der Waals surface area contributed by atoms with Crippen LogP contribution in [0.5, 0.6) is 0 Å². The lowest BCUT2D eigenvalue weighted by Gasteiger charge is -2.30. The van der Waals surface area contributed by atoms with Gasteiger partial charge in [-0.05, 0) is 11.1 Å². The second-order valence-corrected chi connectivity index (χ2v) is 5.22. The Hall–Kier alpha value is -2.73. The van der Waals surface area contributed by atoms with Crippen LogP contribution in [0.3, 0.4) is 0 Å². The van der Waals surface area contributed by atoms with E-state index < -0.39 is 4.92 Å². The van der Waals surface area contributed by atoms with Gasteiger partial charge in [0.05, 0.1) is 17.0 Å². The fourth-order valence-corrected chi connectivity index (χ4v) is 2.76. The van der Waals surface area contributed by atoms with Gasteiger partial charge in [-0.15, -0.1) is 0 Å². The SMILES string of the molecule is CC(=O)NN1[C@@H]2C=CC=CC2=C[C@@H]1c1ccc([N+](=O)[O-])cc1. The maximum atomic E-state index is 11.5. The Morgan fingerprint density at radius 1 is 1.23 bits per heavy atom. The van der Waals surface area contributed by atoms with Gasteiger partial charge in [-0.2, -0.15) is 5.01 Å². The van der Waals surface area contributed by atoms with E-state index in [1.165, 1.54) is 19.1 Å². The molecule has 0 spiro atoms. The Morgan fingerprint density at radius 2 is 1.95 bits per heavy atom. The highest BCUT2D eigenvalue weighted by atomic mass is 16.6. The monoisotopic (exact) mass is 297 g/mol. The number of allylic oxidation sites excluding steroid dienone is 2. The first kappa shape index (κ1) is 14.2. The van der Waals surface area contributed by atoms with Gasteiger partial charge in [0.15, 0.2) is 0 Å². The zero-order valence-electron chi connectivity index (χ0n) is 12.0. The van der Waals surface area contributed by atoms with Crippen molar-refractivity contribution >= 4 is 11.6 Å². The number of amides is 1. The molecule has 6 nitrogen and oxygen atoms in total. The van der Waals surface area contributed by atoms with Gasteiger partial charge in [0.2, 0.25) is 5.91 Å². The van der Waals surface area contributed by atoms with Gasteiger partial charge in [0.1, 0.15) is 0 Å². The molecule has 1 aromatic rings. The van der Waals surface area contributed by atoms with Crippen LogP contribution in [0.2, 0.25) is 0 Å². The Labute approximate surface area is 127 Å². The summed E-state index contributed by atoms with van der Waals surface area (Å²) in [4.78, 5) is 21.8. The number of non-ortho nitro benzene ring substituents is 1. The third-order valence-electron chi connectivity index (χ3n) is 3.72. The summed E-state index contributed by atoms with van der Waals surface area (Å²) in [6.45, 7) is 1.47. The molecule has 0 radical (unpaired) electrons. The molecule has 3 rings (SSSR count). The van der Waals surface area contributed by atoms with Gasteiger partial charge in [0.25, 0.3) is 5.69 Å². The molecule has 1 aliphatic carbocycles. The molecular formula is C16H15N3O3. The van der Waals surface area contributed by atoms with Crippen LogP contribution < -0.4 is 5.43 Å². The highest BCUT2D eigenvalue weighted by Crippen LogP contribution is 2.36. The zero-order chi connectivity index (χ0) is 15.7. The topological polar surface area (TPSA) is 75.5 Å². The molecule has 2 aliphatic rings. The summed E-state index contributed by atoms with van der Waals surface area (Å²) in [7, 11) is 0. The molecule has 1 heterocycles. The summed E-state index contributed by atoms with van der Waals surface area (Å²) in [5.41, 5.74) is 4.89. The van der Waals surface area contributed by atoms with Crippen LogP contribution in [0.15, 0.2) is 60.2 Å². The van der Waals surface area contributed by atoms with E-state index in [1.54, 1.807) is 12.1 Å². The number of rotatable bonds is 3. The third-order valence-corrected chi connectivity index (χ3v) is 3.72. The smallest absolute Gasteiger partial charge is 0.269 e. The number of hydrogen-bond acceptors (Lipinski definition) is 4. The standard InChI is InChI=1S/C16H15N3O3/c1-11(20)17-18-15-5-3-2-4-13(15)10-16(18)12-6-8-14(9-7-12)19(21)22/h2-10,15-16H,1H3,(H,17,20)/t15-,16-/m1/s1. The van der Waals surface area contributed by atoms with Crippen LogP contribution in [0, 0.1) is 10.1 Å². The number of nitrogens with one attached hydrogen (secondary N) is 1. The predicted octanol–water partition coefficient (Wildman–Crippen LogP) is 2.42. The molecule has 1 amide bonds. The lowest BCUT2D eigenvalue weighted by atomic mass is 10.0. The van der Waals surface area contributed by atoms with Crippen molar-refractivity contribution in [3.63, 3.8) is 0 Å². The number of hydrazine groups is 1. The minimum Gasteiger partial charge on any atom is -0.287 e. The minimum atomic E-state index is -0.423.